The van der Waals surface area contributed by atoms with Gasteiger partial charge in [-0.1, -0.05) is 141 Å². The van der Waals surface area contributed by atoms with Crippen LogP contribution in [0, 0.1) is 0 Å². The lowest BCUT2D eigenvalue weighted by atomic mass is 9.82. The molecule has 13 rings (SSSR count). The van der Waals surface area contributed by atoms with E-state index in [1.54, 1.807) is 38.5 Å². The maximum Gasteiger partial charge on any atom is 0.266 e. The normalized spacial score (nSPS) is 13.3. The van der Waals surface area contributed by atoms with Gasteiger partial charge in [-0.15, -0.1) is 0 Å². The Bertz CT molecular complexity index is 3890. The molecule has 0 N–H and O–H groups in total. The largest absolute Gasteiger partial charge is 0.497 e. The van der Waals surface area contributed by atoms with Crippen molar-refractivity contribution in [3.05, 3.63) is 213 Å². The van der Waals surface area contributed by atoms with Gasteiger partial charge in [-0.05, 0) is 128 Å². The molecule has 0 saturated heterocycles. The SMILES string of the molecule is COc1ccc(-c2ccc(N3C(=O)c4ccc5c6c(Br)cc7c8c(ccc(c9c(Br)cc(c4c59)C3=O)c86)C(=O)N(c3ccc(-c4ccc(OC)cc4)c(-c4ccccc4)c3)C7=O)cc2-c2ccccc2)cc1. The summed E-state index contributed by atoms with van der Waals surface area (Å²) in [5.74, 6) is -0.313. The minimum atomic E-state index is -0.452. The number of carbonyl (C=O) groups excluding carboxylic acids is 4. The van der Waals surface area contributed by atoms with Gasteiger partial charge in [0.15, 0.2) is 0 Å². The van der Waals surface area contributed by atoms with Crippen molar-refractivity contribution >= 4 is 110 Å². The van der Waals surface area contributed by atoms with Crippen LogP contribution in [0.25, 0.3) is 87.6 Å². The van der Waals surface area contributed by atoms with Gasteiger partial charge in [0.1, 0.15) is 11.5 Å². The van der Waals surface area contributed by atoms with E-state index in [1.807, 2.05) is 158 Å². The molecule has 0 atom stereocenters. The smallest absolute Gasteiger partial charge is 0.266 e. The van der Waals surface area contributed by atoms with Gasteiger partial charge >= 0.3 is 0 Å². The van der Waals surface area contributed by atoms with E-state index in [1.165, 1.54) is 9.80 Å². The van der Waals surface area contributed by atoms with E-state index in [-0.39, 0.29) is 0 Å². The van der Waals surface area contributed by atoms with Gasteiger partial charge in [0.05, 0.1) is 36.7 Å². The third-order valence-electron chi connectivity index (χ3n) is 14.2. The van der Waals surface area contributed by atoms with Gasteiger partial charge in [0.25, 0.3) is 23.6 Å². The maximum atomic E-state index is 15.0. The van der Waals surface area contributed by atoms with Crippen LogP contribution in [0.4, 0.5) is 11.4 Å². The lowest BCUT2D eigenvalue weighted by Gasteiger charge is -2.31. The number of anilines is 2. The molecule has 0 unspecified atom stereocenters. The predicted octanol–water partition coefficient (Wildman–Crippen LogP) is 15.5. The molecule has 0 fully saturated rings. The number of imide groups is 2. The van der Waals surface area contributed by atoms with E-state index in [0.29, 0.717) is 53.3 Å². The second-order valence-electron chi connectivity index (χ2n) is 17.9. The van der Waals surface area contributed by atoms with Gasteiger partial charge < -0.3 is 9.47 Å². The molecule has 2 aliphatic heterocycles. The summed E-state index contributed by atoms with van der Waals surface area (Å²) >= 11 is 7.78. The fraction of sp³-hybridized carbons (Fsp3) is 0.0323. The van der Waals surface area contributed by atoms with Crippen LogP contribution in [0.2, 0.25) is 0 Å². The van der Waals surface area contributed by atoms with E-state index < -0.39 is 23.6 Å². The second-order valence-corrected chi connectivity index (χ2v) is 19.6. The standard InChI is InChI=1S/C62H36Br2N2O6/c1-71-39-19-13-35(14-20-39)41-23-17-37(29-47(41)33-9-5-3-6-10-33)65-59(67)45-27-25-43-56-52(64)32-50-54-46(28-26-44(58(54)56)55-51(63)31-49(61(65)69)53(45)57(43)55)60(68)66(62(50)70)38-18-24-42(36-15-21-40(72-2)22-16-36)48(30-38)34-11-7-4-8-12-34/h3-32H,1-2H3. The number of amides is 4. The van der Waals surface area contributed by atoms with Gasteiger partial charge in [-0.2, -0.15) is 0 Å². The van der Waals surface area contributed by atoms with Crippen molar-refractivity contribution in [3.63, 3.8) is 0 Å². The highest BCUT2D eigenvalue weighted by molar-refractivity contribution is 9.11. The Morgan fingerprint density at radius 2 is 0.667 bits per heavy atom. The lowest BCUT2D eigenvalue weighted by molar-refractivity contribution is 0.0877. The predicted molar refractivity (Wildman–Crippen MR) is 293 cm³/mol. The van der Waals surface area contributed by atoms with Crippen LogP contribution in [-0.2, 0) is 0 Å². The number of nitrogens with zero attached hydrogens (tertiary/aromatic N) is 2. The number of hydrogen-bond donors (Lipinski definition) is 0. The first-order chi connectivity index (χ1) is 35.1. The molecule has 10 heteroatoms. The maximum absolute atomic E-state index is 15.0. The molecular formula is C62H36Br2N2O6. The van der Waals surface area contributed by atoms with Crippen molar-refractivity contribution in [2.45, 2.75) is 0 Å². The lowest BCUT2D eigenvalue weighted by Crippen LogP contribution is -2.40. The molecule has 11 aromatic carbocycles. The van der Waals surface area contributed by atoms with Gasteiger partial charge in [0, 0.05) is 52.4 Å². The molecule has 0 radical (unpaired) electrons. The number of ether oxygens (including phenoxy) is 2. The van der Waals surface area contributed by atoms with Gasteiger partial charge in [-0.25, -0.2) is 9.80 Å². The Morgan fingerprint density at radius 1 is 0.319 bits per heavy atom. The van der Waals surface area contributed by atoms with Gasteiger partial charge in [-0.3, -0.25) is 19.2 Å². The van der Waals surface area contributed by atoms with Gasteiger partial charge in [0.2, 0.25) is 0 Å². The quantitative estimate of drug-likeness (QED) is 0.0855. The topological polar surface area (TPSA) is 93.2 Å². The van der Waals surface area contributed by atoms with E-state index in [0.717, 1.165) is 88.3 Å². The summed E-state index contributed by atoms with van der Waals surface area (Å²) in [5, 5.41) is 5.62. The Labute approximate surface area is 429 Å². The number of rotatable bonds is 8. The fourth-order valence-electron chi connectivity index (χ4n) is 10.9. The van der Waals surface area contributed by atoms with E-state index in [2.05, 4.69) is 31.9 Å². The Kier molecular flexibility index (Phi) is 10.0. The third kappa shape index (κ3) is 6.42. The van der Waals surface area contributed by atoms with Crippen molar-refractivity contribution < 1.29 is 28.7 Å². The molecule has 8 nitrogen and oxygen atoms in total. The molecule has 0 spiro atoms. The zero-order chi connectivity index (χ0) is 49.1. The summed E-state index contributed by atoms with van der Waals surface area (Å²) in [5.41, 5.74) is 9.76. The molecule has 2 aliphatic rings. The first kappa shape index (κ1) is 43.6. The number of methoxy groups -OCH3 is 2. The summed E-state index contributed by atoms with van der Waals surface area (Å²) in [4.78, 5) is 62.5. The molecule has 0 aromatic heterocycles. The van der Waals surface area contributed by atoms with Crippen molar-refractivity contribution in [1.29, 1.82) is 0 Å². The monoisotopic (exact) mass is 1060 g/mol. The highest BCUT2D eigenvalue weighted by Gasteiger charge is 2.39. The molecular weight excluding hydrogens is 1030 g/mol. The molecule has 0 aliphatic carbocycles. The average Bonchev–Trinajstić information content (AvgIpc) is 3.42. The number of carbonyl (C=O) groups is 4. The van der Waals surface area contributed by atoms with Crippen molar-refractivity contribution in [2.75, 3.05) is 24.0 Å². The summed E-state index contributed by atoms with van der Waals surface area (Å²) in [6.45, 7) is 0. The van der Waals surface area contributed by atoms with Crippen LogP contribution in [0.1, 0.15) is 41.4 Å². The molecule has 0 bridgehead atoms. The van der Waals surface area contributed by atoms with Crippen molar-refractivity contribution in [3.8, 4) is 56.0 Å². The zero-order valence-electron chi connectivity index (χ0n) is 38.4. The van der Waals surface area contributed by atoms with Crippen LogP contribution >= 0.6 is 31.9 Å². The number of halogens is 2. The first-order valence-electron chi connectivity index (χ1n) is 23.2. The molecule has 72 heavy (non-hydrogen) atoms. The van der Waals surface area contributed by atoms with Crippen LogP contribution in [0.5, 0.6) is 11.5 Å². The van der Waals surface area contributed by atoms with E-state index in [9.17, 15) is 9.59 Å². The first-order valence-corrected chi connectivity index (χ1v) is 24.8. The summed E-state index contributed by atoms with van der Waals surface area (Å²) in [6, 6.07) is 57.8. The minimum Gasteiger partial charge on any atom is -0.497 e. The van der Waals surface area contributed by atoms with Crippen molar-refractivity contribution in [1.82, 2.24) is 0 Å². The molecule has 4 amide bonds. The van der Waals surface area contributed by atoms with E-state index in [4.69, 9.17) is 9.47 Å². The zero-order valence-corrected chi connectivity index (χ0v) is 41.6. The third-order valence-corrected chi connectivity index (χ3v) is 15.5. The highest BCUT2D eigenvalue weighted by Crippen LogP contribution is 2.51. The molecule has 0 saturated carbocycles. The van der Waals surface area contributed by atoms with E-state index >= 15 is 9.59 Å². The van der Waals surface area contributed by atoms with Crippen LogP contribution in [0.15, 0.2) is 191 Å². The molecule has 2 heterocycles. The summed E-state index contributed by atoms with van der Waals surface area (Å²) in [7, 11) is 3.26. The fourth-order valence-corrected chi connectivity index (χ4v) is 12.2. The van der Waals surface area contributed by atoms with Crippen LogP contribution < -0.4 is 19.3 Å². The summed E-state index contributed by atoms with van der Waals surface area (Å²) < 4.78 is 12.1. The minimum absolute atomic E-state index is 0.372. The van der Waals surface area contributed by atoms with Crippen LogP contribution in [-0.4, -0.2) is 37.8 Å². The van der Waals surface area contributed by atoms with Crippen molar-refractivity contribution in [2.24, 2.45) is 0 Å². The number of fused-ring (bicyclic) bond motifs is 2. The van der Waals surface area contributed by atoms with Crippen LogP contribution in [0.3, 0.4) is 0 Å². The molecule has 11 aromatic rings. The Hall–Kier alpha value is -8.44. The highest BCUT2D eigenvalue weighted by atomic mass is 79.9. The Morgan fingerprint density at radius 3 is 1.04 bits per heavy atom. The number of hydrogen-bond acceptors (Lipinski definition) is 6. The second kappa shape index (κ2) is 16.6. The average molecular weight is 1060 g/mol. The number of benzene rings is 11. The molecule has 344 valence electrons. The summed E-state index contributed by atoms with van der Waals surface area (Å²) in [6.07, 6.45) is 0. The Balaban J connectivity index is 0.945.